The number of oxazole rings is 1. The molecule has 5 heteroatoms. The van der Waals surface area contributed by atoms with E-state index in [4.69, 9.17) is 14.3 Å². The summed E-state index contributed by atoms with van der Waals surface area (Å²) in [5, 5.41) is 9.10. The van der Waals surface area contributed by atoms with Crippen molar-refractivity contribution < 1.29 is 19.1 Å². The summed E-state index contributed by atoms with van der Waals surface area (Å²) in [6.07, 6.45) is 3.31. The lowest BCUT2D eigenvalue weighted by Gasteiger charge is -2.01. The van der Waals surface area contributed by atoms with Crippen molar-refractivity contribution in [3.63, 3.8) is 0 Å². The Morgan fingerprint density at radius 1 is 1.40 bits per heavy atom. The lowest BCUT2D eigenvalue weighted by atomic mass is 10.1. The van der Waals surface area contributed by atoms with Gasteiger partial charge in [-0.1, -0.05) is 6.07 Å². The summed E-state index contributed by atoms with van der Waals surface area (Å²) in [5.41, 5.74) is 3.25. The molecular formula is C15H15NO4. The first kappa shape index (κ1) is 12.7. The van der Waals surface area contributed by atoms with Crippen molar-refractivity contribution in [2.24, 2.45) is 0 Å². The van der Waals surface area contributed by atoms with Crippen molar-refractivity contribution >= 4 is 5.97 Å². The first-order valence-electron chi connectivity index (χ1n) is 6.68. The Morgan fingerprint density at radius 3 is 2.95 bits per heavy atom. The topological polar surface area (TPSA) is 72.6 Å². The maximum Gasteiger partial charge on any atom is 0.362 e. The van der Waals surface area contributed by atoms with Crippen LogP contribution in [0.4, 0.5) is 0 Å². The number of nitrogens with zero attached hydrogens (tertiary/aromatic N) is 1. The molecule has 0 fully saturated rings. The zero-order valence-corrected chi connectivity index (χ0v) is 11.2. The Kier molecular flexibility index (Phi) is 3.18. The Bertz CT molecular complexity index is 660. The highest BCUT2D eigenvalue weighted by Crippen LogP contribution is 2.31. The van der Waals surface area contributed by atoms with Gasteiger partial charge in [0.15, 0.2) is 0 Å². The zero-order chi connectivity index (χ0) is 14.1. The van der Waals surface area contributed by atoms with E-state index in [-0.39, 0.29) is 11.6 Å². The molecule has 1 aromatic heterocycles. The highest BCUT2D eigenvalue weighted by atomic mass is 16.6. The molecule has 1 N–H and O–H groups in total. The fourth-order valence-corrected chi connectivity index (χ4v) is 2.50. The summed E-state index contributed by atoms with van der Waals surface area (Å²) in [4.78, 5) is 15.2. The average molecular weight is 273 g/mol. The van der Waals surface area contributed by atoms with Crippen molar-refractivity contribution in [3.8, 4) is 17.4 Å². The van der Waals surface area contributed by atoms with Gasteiger partial charge in [-0.3, -0.25) is 0 Å². The molecular weight excluding hydrogens is 258 g/mol. The predicted molar refractivity (Wildman–Crippen MR) is 72.1 cm³/mol. The summed E-state index contributed by atoms with van der Waals surface area (Å²) in [5.74, 6) is -0.888. The fourth-order valence-electron chi connectivity index (χ4n) is 2.50. The number of benzene rings is 1. The number of fused-ring (bicyclic) bond motifs is 1. The fraction of sp³-hybridized carbons (Fsp3) is 0.333. The molecule has 2 aromatic rings. The van der Waals surface area contributed by atoms with Gasteiger partial charge in [0, 0.05) is 5.56 Å². The standard InChI is InChI=1S/C15H15NO4/c1-2-19-15-12(14(17)18)16-13(20-15)11-7-6-9-4-3-5-10(9)8-11/h6-8H,2-5H2,1H3,(H,17,18). The molecule has 1 aliphatic rings. The van der Waals surface area contributed by atoms with Gasteiger partial charge >= 0.3 is 11.9 Å². The van der Waals surface area contributed by atoms with Crippen LogP contribution in [0.2, 0.25) is 0 Å². The Labute approximate surface area is 116 Å². The quantitative estimate of drug-likeness (QED) is 0.927. The summed E-state index contributed by atoms with van der Waals surface area (Å²) >= 11 is 0. The lowest BCUT2D eigenvalue weighted by molar-refractivity contribution is 0.0683. The molecule has 0 saturated heterocycles. The molecule has 1 aromatic carbocycles. The van der Waals surface area contributed by atoms with E-state index in [1.54, 1.807) is 6.92 Å². The van der Waals surface area contributed by atoms with Crippen LogP contribution in [0.15, 0.2) is 22.6 Å². The second-order valence-corrected chi connectivity index (χ2v) is 4.73. The van der Waals surface area contributed by atoms with E-state index in [1.807, 2.05) is 12.1 Å². The summed E-state index contributed by atoms with van der Waals surface area (Å²) < 4.78 is 10.6. The maximum absolute atomic E-state index is 11.1. The van der Waals surface area contributed by atoms with Gasteiger partial charge in [-0.25, -0.2) is 4.79 Å². The van der Waals surface area contributed by atoms with E-state index < -0.39 is 5.97 Å². The van der Waals surface area contributed by atoms with E-state index >= 15 is 0 Å². The zero-order valence-electron chi connectivity index (χ0n) is 11.2. The molecule has 0 radical (unpaired) electrons. The number of carbonyl (C=O) groups is 1. The Morgan fingerprint density at radius 2 is 2.20 bits per heavy atom. The predicted octanol–water partition coefficient (Wildman–Crippen LogP) is 2.93. The van der Waals surface area contributed by atoms with Gasteiger partial charge in [-0.2, -0.15) is 4.98 Å². The number of hydrogen-bond donors (Lipinski definition) is 1. The first-order chi connectivity index (χ1) is 9.69. The van der Waals surface area contributed by atoms with Crippen LogP contribution in [-0.4, -0.2) is 22.7 Å². The highest BCUT2D eigenvalue weighted by molar-refractivity contribution is 5.88. The molecule has 0 amide bonds. The van der Waals surface area contributed by atoms with Crippen LogP contribution < -0.4 is 4.74 Å². The third-order valence-electron chi connectivity index (χ3n) is 3.42. The van der Waals surface area contributed by atoms with Gasteiger partial charge in [-0.05, 0) is 49.4 Å². The van der Waals surface area contributed by atoms with E-state index in [1.165, 1.54) is 11.1 Å². The number of hydrogen-bond acceptors (Lipinski definition) is 4. The molecule has 0 atom stereocenters. The van der Waals surface area contributed by atoms with Gasteiger partial charge in [0.05, 0.1) is 6.61 Å². The number of carboxylic acid groups (broad SMARTS) is 1. The van der Waals surface area contributed by atoms with Crippen LogP contribution in [0, 0.1) is 0 Å². The molecule has 3 rings (SSSR count). The summed E-state index contributed by atoms with van der Waals surface area (Å²) in [6, 6.07) is 6.00. The van der Waals surface area contributed by atoms with Crippen molar-refractivity contribution in [2.45, 2.75) is 26.2 Å². The van der Waals surface area contributed by atoms with Crippen LogP contribution in [0.1, 0.15) is 35.0 Å². The van der Waals surface area contributed by atoms with E-state index in [9.17, 15) is 4.79 Å². The molecule has 0 aliphatic heterocycles. The minimum atomic E-state index is -1.15. The Balaban J connectivity index is 2.01. The first-order valence-corrected chi connectivity index (χ1v) is 6.68. The minimum Gasteiger partial charge on any atom is -0.476 e. The van der Waals surface area contributed by atoms with Crippen molar-refractivity contribution in [1.29, 1.82) is 0 Å². The van der Waals surface area contributed by atoms with Gasteiger partial charge in [0.25, 0.3) is 0 Å². The molecule has 1 aliphatic carbocycles. The largest absolute Gasteiger partial charge is 0.476 e. The normalized spacial score (nSPS) is 13.2. The van der Waals surface area contributed by atoms with Crippen LogP contribution in [0.5, 0.6) is 5.95 Å². The number of aromatic carboxylic acids is 1. The third kappa shape index (κ3) is 2.15. The number of aromatic nitrogens is 1. The van der Waals surface area contributed by atoms with Crippen LogP contribution in [-0.2, 0) is 12.8 Å². The second kappa shape index (κ2) is 5.00. The van der Waals surface area contributed by atoms with Gasteiger partial charge in [0.1, 0.15) is 0 Å². The van der Waals surface area contributed by atoms with E-state index in [0.717, 1.165) is 24.8 Å². The van der Waals surface area contributed by atoms with Gasteiger partial charge in [0.2, 0.25) is 11.6 Å². The smallest absolute Gasteiger partial charge is 0.362 e. The lowest BCUT2D eigenvalue weighted by Crippen LogP contribution is -2.01. The molecule has 20 heavy (non-hydrogen) atoms. The molecule has 104 valence electrons. The van der Waals surface area contributed by atoms with E-state index in [2.05, 4.69) is 11.1 Å². The van der Waals surface area contributed by atoms with E-state index in [0.29, 0.717) is 12.5 Å². The maximum atomic E-state index is 11.1. The minimum absolute atomic E-state index is 0.0319. The molecule has 5 nitrogen and oxygen atoms in total. The number of ether oxygens (including phenoxy) is 1. The van der Waals surface area contributed by atoms with Crippen LogP contribution in [0.3, 0.4) is 0 Å². The van der Waals surface area contributed by atoms with Crippen molar-refractivity contribution in [1.82, 2.24) is 4.98 Å². The molecule has 0 unspecified atom stereocenters. The second-order valence-electron chi connectivity index (χ2n) is 4.73. The highest BCUT2D eigenvalue weighted by Gasteiger charge is 2.22. The Hall–Kier alpha value is -2.30. The third-order valence-corrected chi connectivity index (χ3v) is 3.42. The number of aryl methyl sites for hydroxylation is 2. The SMILES string of the molecule is CCOc1oc(-c2ccc3c(c2)CCC3)nc1C(=O)O. The monoisotopic (exact) mass is 273 g/mol. The summed E-state index contributed by atoms with van der Waals surface area (Å²) in [7, 11) is 0. The molecule has 0 spiro atoms. The number of carboxylic acids is 1. The molecule has 0 saturated carbocycles. The molecule has 1 heterocycles. The average Bonchev–Trinajstić information content (AvgIpc) is 3.04. The number of rotatable bonds is 4. The van der Waals surface area contributed by atoms with Crippen LogP contribution in [0.25, 0.3) is 11.5 Å². The van der Waals surface area contributed by atoms with Gasteiger partial charge in [-0.15, -0.1) is 0 Å². The molecule has 0 bridgehead atoms. The van der Waals surface area contributed by atoms with Gasteiger partial charge < -0.3 is 14.3 Å². The van der Waals surface area contributed by atoms with Crippen molar-refractivity contribution in [2.75, 3.05) is 6.61 Å². The van der Waals surface area contributed by atoms with Crippen molar-refractivity contribution in [3.05, 3.63) is 35.0 Å². The summed E-state index contributed by atoms with van der Waals surface area (Å²) in [6.45, 7) is 2.10. The van der Waals surface area contributed by atoms with Crippen LogP contribution >= 0.6 is 0 Å².